The van der Waals surface area contributed by atoms with E-state index in [9.17, 15) is 0 Å². The van der Waals surface area contributed by atoms with Crippen LogP contribution in [0.15, 0.2) is 0 Å². The number of nitrogens with two attached hydrogens (primary N) is 2. The maximum Gasteiger partial charge on any atom is 0.318 e. The Kier molecular flexibility index (Phi) is 12.1. The highest BCUT2D eigenvalue weighted by atomic mass is 28.3. The van der Waals surface area contributed by atoms with Crippen LogP contribution in [-0.2, 0) is 8.85 Å². The summed E-state index contributed by atoms with van der Waals surface area (Å²) in [5.74, 6) is 0. The molecular formula is C8H24N2O2Si. The Morgan fingerprint density at radius 3 is 2.46 bits per heavy atom. The van der Waals surface area contributed by atoms with Gasteiger partial charge in [0, 0.05) is 19.2 Å². The largest absolute Gasteiger partial charge is 0.395 e. The molecule has 4 nitrogen and oxygen atoms in total. The molecule has 0 spiro atoms. The average Bonchev–Trinajstić information content (AvgIpc) is 2.10. The highest BCUT2D eigenvalue weighted by molar-refractivity contribution is 6.42. The number of hydrogen-bond donors (Lipinski definition) is 2. The maximum absolute atomic E-state index is 5.67. The van der Waals surface area contributed by atoms with Crippen molar-refractivity contribution in [3.63, 3.8) is 0 Å². The summed E-state index contributed by atoms with van der Waals surface area (Å²) in [5, 5.41) is 0. The average molecular weight is 208 g/mol. The molecule has 0 heterocycles. The summed E-state index contributed by atoms with van der Waals surface area (Å²) < 4.78 is 10.8. The minimum absolute atomic E-state index is 0. The summed E-state index contributed by atoms with van der Waals surface area (Å²) >= 11 is 0. The van der Waals surface area contributed by atoms with E-state index in [2.05, 4.69) is 0 Å². The summed E-state index contributed by atoms with van der Waals surface area (Å²) in [4.78, 5) is 0. The molecule has 0 aromatic heterocycles. The monoisotopic (exact) mass is 208 g/mol. The van der Waals surface area contributed by atoms with Gasteiger partial charge in [0.05, 0.1) is 6.61 Å². The fourth-order valence-electron chi connectivity index (χ4n) is 0.659. The third-order valence-electron chi connectivity index (χ3n) is 1.54. The first-order chi connectivity index (χ1) is 5.70. The molecule has 4 N–H and O–H groups in total. The summed E-state index contributed by atoms with van der Waals surface area (Å²) in [6.45, 7) is 5.78. The van der Waals surface area contributed by atoms with Crippen molar-refractivity contribution in [1.29, 1.82) is 0 Å². The van der Waals surface area contributed by atoms with Crippen LogP contribution in [0.2, 0.25) is 6.55 Å². The number of hydrogen-bond acceptors (Lipinski definition) is 4. The zero-order valence-electron chi connectivity index (χ0n) is 7.95. The van der Waals surface area contributed by atoms with E-state index in [0.717, 1.165) is 6.42 Å². The third kappa shape index (κ3) is 9.97. The smallest absolute Gasteiger partial charge is 0.318 e. The third-order valence-corrected chi connectivity index (χ3v) is 2.91. The van der Waals surface area contributed by atoms with E-state index in [0.29, 0.717) is 19.8 Å². The SMILES string of the molecule is C.CCC(N)CO[SiH](C)OCCN. The molecule has 0 saturated heterocycles. The Bertz CT molecular complexity index is 106. The first-order valence-electron chi connectivity index (χ1n) is 4.39. The fourth-order valence-corrected chi connectivity index (χ4v) is 1.74. The standard InChI is InChI=1S/C7H20N2O2Si.CH4/c1-3-7(9)6-11-12(2)10-5-4-8;/h7,12H,3-6,8-9H2,1-2H3;1H4. The lowest BCUT2D eigenvalue weighted by molar-refractivity contribution is 0.194. The van der Waals surface area contributed by atoms with Gasteiger partial charge in [-0.05, 0) is 13.0 Å². The van der Waals surface area contributed by atoms with Gasteiger partial charge in [0.25, 0.3) is 0 Å². The molecule has 0 bridgehead atoms. The molecule has 0 radical (unpaired) electrons. The molecule has 82 valence electrons. The summed E-state index contributed by atoms with van der Waals surface area (Å²) in [5.41, 5.74) is 10.9. The normalized spacial score (nSPS) is 14.8. The van der Waals surface area contributed by atoms with Gasteiger partial charge < -0.3 is 20.3 Å². The molecule has 0 fully saturated rings. The van der Waals surface area contributed by atoms with Gasteiger partial charge in [-0.15, -0.1) is 0 Å². The molecule has 0 aliphatic heterocycles. The van der Waals surface area contributed by atoms with Crippen LogP contribution in [0.1, 0.15) is 20.8 Å². The molecular weight excluding hydrogens is 184 g/mol. The van der Waals surface area contributed by atoms with Crippen molar-refractivity contribution in [2.24, 2.45) is 11.5 Å². The van der Waals surface area contributed by atoms with E-state index in [4.69, 9.17) is 20.3 Å². The zero-order chi connectivity index (χ0) is 9.40. The van der Waals surface area contributed by atoms with E-state index < -0.39 is 9.28 Å². The highest BCUT2D eigenvalue weighted by Gasteiger charge is 2.07. The van der Waals surface area contributed by atoms with Crippen molar-refractivity contribution in [3.05, 3.63) is 0 Å². The minimum Gasteiger partial charge on any atom is -0.395 e. The minimum atomic E-state index is -1.45. The van der Waals surface area contributed by atoms with Gasteiger partial charge in [-0.1, -0.05) is 14.4 Å². The molecule has 2 atom stereocenters. The van der Waals surface area contributed by atoms with Crippen LogP contribution >= 0.6 is 0 Å². The van der Waals surface area contributed by atoms with Crippen molar-refractivity contribution in [3.8, 4) is 0 Å². The van der Waals surface area contributed by atoms with E-state index in [1.54, 1.807) is 0 Å². The van der Waals surface area contributed by atoms with E-state index in [1.165, 1.54) is 0 Å². The van der Waals surface area contributed by atoms with Crippen LogP contribution in [-0.4, -0.2) is 35.1 Å². The van der Waals surface area contributed by atoms with E-state index in [-0.39, 0.29) is 13.5 Å². The number of rotatable bonds is 7. The molecule has 5 heteroatoms. The van der Waals surface area contributed by atoms with E-state index >= 15 is 0 Å². The lowest BCUT2D eigenvalue weighted by Crippen LogP contribution is -2.31. The van der Waals surface area contributed by atoms with Crippen LogP contribution in [0.4, 0.5) is 0 Å². The van der Waals surface area contributed by atoms with Crippen molar-refractivity contribution < 1.29 is 8.85 Å². The first kappa shape index (κ1) is 15.5. The lowest BCUT2D eigenvalue weighted by Gasteiger charge is -2.14. The topological polar surface area (TPSA) is 70.5 Å². The quantitative estimate of drug-likeness (QED) is 0.587. The second-order valence-corrected chi connectivity index (χ2v) is 4.53. The van der Waals surface area contributed by atoms with Gasteiger partial charge in [-0.2, -0.15) is 0 Å². The Labute approximate surface area is 83.4 Å². The van der Waals surface area contributed by atoms with Crippen LogP contribution in [0.25, 0.3) is 0 Å². The van der Waals surface area contributed by atoms with Gasteiger partial charge in [-0.3, -0.25) is 0 Å². The Morgan fingerprint density at radius 2 is 2.00 bits per heavy atom. The molecule has 0 aliphatic rings. The van der Waals surface area contributed by atoms with E-state index in [1.807, 2.05) is 13.5 Å². The maximum atomic E-state index is 5.67. The van der Waals surface area contributed by atoms with Gasteiger partial charge in [0.2, 0.25) is 0 Å². The van der Waals surface area contributed by atoms with Gasteiger partial charge in [0.15, 0.2) is 0 Å². The molecule has 13 heavy (non-hydrogen) atoms. The van der Waals surface area contributed by atoms with Crippen LogP contribution < -0.4 is 11.5 Å². The van der Waals surface area contributed by atoms with Crippen molar-refractivity contribution in [2.45, 2.75) is 33.4 Å². The van der Waals surface area contributed by atoms with Gasteiger partial charge >= 0.3 is 9.28 Å². The summed E-state index contributed by atoms with van der Waals surface area (Å²) in [7, 11) is -1.45. The molecule has 0 rings (SSSR count). The highest BCUT2D eigenvalue weighted by Crippen LogP contribution is 1.92. The van der Waals surface area contributed by atoms with Gasteiger partial charge in [0.1, 0.15) is 0 Å². The predicted octanol–water partition coefficient (Wildman–Crippen LogP) is 0.202. The van der Waals surface area contributed by atoms with Crippen LogP contribution in [0, 0.1) is 0 Å². The molecule has 0 aromatic rings. The zero-order valence-corrected chi connectivity index (χ0v) is 9.11. The molecule has 2 unspecified atom stereocenters. The summed E-state index contributed by atoms with van der Waals surface area (Å²) in [6.07, 6.45) is 0.942. The Morgan fingerprint density at radius 1 is 1.38 bits per heavy atom. The van der Waals surface area contributed by atoms with Crippen molar-refractivity contribution >= 4 is 9.28 Å². The van der Waals surface area contributed by atoms with Crippen molar-refractivity contribution in [2.75, 3.05) is 19.8 Å². The molecule has 0 aliphatic carbocycles. The van der Waals surface area contributed by atoms with Crippen LogP contribution in [0.5, 0.6) is 0 Å². The lowest BCUT2D eigenvalue weighted by atomic mass is 10.3. The second-order valence-electron chi connectivity index (χ2n) is 2.73. The predicted molar refractivity (Wildman–Crippen MR) is 59.0 cm³/mol. The Balaban J connectivity index is 0. The molecule has 0 saturated carbocycles. The first-order valence-corrected chi connectivity index (χ1v) is 6.49. The fraction of sp³-hybridized carbons (Fsp3) is 1.00. The molecule has 0 aromatic carbocycles. The van der Waals surface area contributed by atoms with Crippen LogP contribution in [0.3, 0.4) is 0 Å². The Hall–Kier alpha value is 0.0569. The second kappa shape index (κ2) is 10.1. The summed E-state index contributed by atoms with van der Waals surface area (Å²) in [6, 6.07) is 0.140. The molecule has 0 amide bonds. The van der Waals surface area contributed by atoms with Gasteiger partial charge in [-0.25, -0.2) is 0 Å². The van der Waals surface area contributed by atoms with Crippen molar-refractivity contribution in [1.82, 2.24) is 0 Å².